The van der Waals surface area contributed by atoms with Crippen LogP contribution in [0.25, 0.3) is 11.4 Å². The van der Waals surface area contributed by atoms with Crippen molar-refractivity contribution in [3.05, 3.63) is 47.0 Å². The Morgan fingerprint density at radius 2 is 2.07 bits per heavy atom. The Balaban J connectivity index is 1.53. The highest BCUT2D eigenvalue weighted by molar-refractivity contribution is 6.04. The molecule has 0 bridgehead atoms. The first-order chi connectivity index (χ1) is 13.2. The van der Waals surface area contributed by atoms with E-state index in [2.05, 4.69) is 30.7 Å². The quantitative estimate of drug-likeness (QED) is 0.602. The van der Waals surface area contributed by atoms with Crippen molar-refractivity contribution in [2.75, 3.05) is 12.4 Å². The van der Waals surface area contributed by atoms with Gasteiger partial charge in [-0.25, -0.2) is 4.98 Å². The molecule has 1 aromatic carbocycles. The van der Waals surface area contributed by atoms with Crippen LogP contribution in [-0.2, 0) is 24.2 Å². The van der Waals surface area contributed by atoms with Crippen molar-refractivity contribution in [3.63, 3.8) is 0 Å². The summed E-state index contributed by atoms with van der Waals surface area (Å²) in [5, 5.41) is 17.3. The van der Waals surface area contributed by atoms with E-state index in [9.17, 15) is 4.79 Å². The zero-order valence-electron chi connectivity index (χ0n) is 15.2. The summed E-state index contributed by atoms with van der Waals surface area (Å²) in [6.45, 7) is 0.369. The van der Waals surface area contributed by atoms with E-state index < -0.39 is 0 Å². The predicted octanol–water partition coefficient (Wildman–Crippen LogP) is 2.86. The first kappa shape index (κ1) is 17.4. The summed E-state index contributed by atoms with van der Waals surface area (Å²) in [6.07, 6.45) is 5.28. The van der Waals surface area contributed by atoms with Crippen molar-refractivity contribution in [1.82, 2.24) is 25.4 Å². The second-order valence-electron chi connectivity index (χ2n) is 6.66. The van der Waals surface area contributed by atoms with Gasteiger partial charge in [0.2, 0.25) is 0 Å². The molecule has 2 aromatic heterocycles. The molecule has 3 aromatic rings. The molecule has 8 nitrogen and oxygen atoms in total. The van der Waals surface area contributed by atoms with E-state index in [4.69, 9.17) is 4.74 Å². The Morgan fingerprint density at radius 1 is 1.19 bits per heavy atom. The molecule has 0 saturated carbocycles. The lowest BCUT2D eigenvalue weighted by molar-refractivity contribution is 0.102. The number of anilines is 1. The molecular formula is C19H22N6O2. The molecule has 0 fully saturated rings. The van der Waals surface area contributed by atoms with Gasteiger partial charge in [0.15, 0.2) is 17.3 Å². The standard InChI is InChI=1S/C19H22N6O2/c1-27-11-16-21-18(25-23-16)12-6-5-7-13(10-12)20-19(26)17-14-8-3-2-4-9-15(14)22-24-17/h5-7,10H,2-4,8-9,11H2,1H3,(H,20,26)(H,22,24)(H,21,23,25). The number of nitrogens with zero attached hydrogens (tertiary/aromatic N) is 3. The van der Waals surface area contributed by atoms with Gasteiger partial charge in [0.25, 0.3) is 5.91 Å². The number of nitrogens with one attached hydrogen (secondary N) is 3. The van der Waals surface area contributed by atoms with Gasteiger partial charge in [-0.3, -0.25) is 15.0 Å². The molecule has 0 atom stereocenters. The van der Waals surface area contributed by atoms with Crippen LogP contribution in [-0.4, -0.2) is 38.4 Å². The number of carbonyl (C=O) groups excluding carboxylic acids is 1. The molecule has 0 radical (unpaired) electrons. The summed E-state index contributed by atoms with van der Waals surface area (Å²) in [4.78, 5) is 17.1. The molecular weight excluding hydrogens is 344 g/mol. The fourth-order valence-electron chi connectivity index (χ4n) is 3.40. The highest BCUT2D eigenvalue weighted by atomic mass is 16.5. The van der Waals surface area contributed by atoms with Crippen LogP contribution in [0.4, 0.5) is 5.69 Å². The molecule has 0 unspecified atom stereocenters. The fraction of sp³-hybridized carbons (Fsp3) is 0.368. The molecule has 1 aliphatic rings. The molecule has 0 aliphatic heterocycles. The minimum absolute atomic E-state index is 0.193. The highest BCUT2D eigenvalue weighted by Crippen LogP contribution is 2.24. The largest absolute Gasteiger partial charge is 0.377 e. The van der Waals surface area contributed by atoms with Crippen LogP contribution in [0.15, 0.2) is 24.3 Å². The van der Waals surface area contributed by atoms with E-state index in [1.807, 2.05) is 24.3 Å². The molecule has 27 heavy (non-hydrogen) atoms. The van der Waals surface area contributed by atoms with E-state index in [0.29, 0.717) is 29.6 Å². The van der Waals surface area contributed by atoms with Gasteiger partial charge in [-0.2, -0.15) is 10.2 Å². The Morgan fingerprint density at radius 3 is 2.96 bits per heavy atom. The maximum absolute atomic E-state index is 12.7. The molecule has 140 valence electrons. The first-order valence-electron chi connectivity index (χ1n) is 9.12. The van der Waals surface area contributed by atoms with Gasteiger partial charge in [0, 0.05) is 29.6 Å². The summed E-state index contributed by atoms with van der Waals surface area (Å²) >= 11 is 0. The second kappa shape index (κ2) is 7.71. The average molecular weight is 366 g/mol. The maximum Gasteiger partial charge on any atom is 0.276 e. The van der Waals surface area contributed by atoms with E-state index in [1.54, 1.807) is 7.11 Å². The van der Waals surface area contributed by atoms with Gasteiger partial charge in [0.1, 0.15) is 6.61 Å². The van der Waals surface area contributed by atoms with Crippen LogP contribution in [0, 0.1) is 0 Å². The monoisotopic (exact) mass is 366 g/mol. The summed E-state index contributed by atoms with van der Waals surface area (Å²) in [5.41, 5.74) is 4.14. The van der Waals surface area contributed by atoms with Crippen LogP contribution in [0.5, 0.6) is 0 Å². The minimum Gasteiger partial charge on any atom is -0.377 e. The fourth-order valence-corrected chi connectivity index (χ4v) is 3.40. The van der Waals surface area contributed by atoms with Crippen LogP contribution in [0.1, 0.15) is 46.8 Å². The summed E-state index contributed by atoms with van der Waals surface area (Å²) in [5.74, 6) is 1.02. The number of fused-ring (bicyclic) bond motifs is 1. The van der Waals surface area contributed by atoms with Gasteiger partial charge in [-0.15, -0.1) is 0 Å². The van der Waals surface area contributed by atoms with Crippen molar-refractivity contribution in [1.29, 1.82) is 0 Å². The molecule has 1 amide bonds. The van der Waals surface area contributed by atoms with Gasteiger partial charge in [-0.1, -0.05) is 18.6 Å². The number of hydrogen-bond donors (Lipinski definition) is 3. The van der Waals surface area contributed by atoms with Crippen LogP contribution >= 0.6 is 0 Å². The first-order valence-corrected chi connectivity index (χ1v) is 9.12. The van der Waals surface area contributed by atoms with Crippen molar-refractivity contribution in [3.8, 4) is 11.4 Å². The number of carbonyl (C=O) groups is 1. The summed E-state index contributed by atoms with van der Waals surface area (Å²) < 4.78 is 5.05. The van der Waals surface area contributed by atoms with E-state index in [-0.39, 0.29) is 5.91 Å². The highest BCUT2D eigenvalue weighted by Gasteiger charge is 2.21. The number of benzene rings is 1. The van der Waals surface area contributed by atoms with Gasteiger partial charge >= 0.3 is 0 Å². The topological polar surface area (TPSA) is 109 Å². The zero-order valence-corrected chi connectivity index (χ0v) is 15.2. The lowest BCUT2D eigenvalue weighted by Crippen LogP contribution is -2.14. The third-order valence-electron chi connectivity index (χ3n) is 4.71. The Hall–Kier alpha value is -3.00. The third-order valence-corrected chi connectivity index (χ3v) is 4.71. The van der Waals surface area contributed by atoms with Crippen molar-refractivity contribution in [2.45, 2.75) is 38.7 Å². The van der Waals surface area contributed by atoms with Gasteiger partial charge in [-0.05, 0) is 37.8 Å². The normalized spacial score (nSPS) is 13.8. The number of amides is 1. The SMILES string of the molecule is COCc1nc(-c2cccc(NC(=O)c3n[nH]c4c3CCCCC4)c2)n[nH]1. The minimum atomic E-state index is -0.193. The number of hydrogen-bond acceptors (Lipinski definition) is 5. The molecule has 0 spiro atoms. The number of H-pyrrole nitrogens is 2. The van der Waals surface area contributed by atoms with E-state index in [0.717, 1.165) is 42.5 Å². The number of aromatic amines is 2. The summed E-state index contributed by atoms with van der Waals surface area (Å²) in [6, 6.07) is 7.46. The lowest BCUT2D eigenvalue weighted by atomic mass is 10.1. The second-order valence-corrected chi connectivity index (χ2v) is 6.66. The smallest absolute Gasteiger partial charge is 0.276 e. The van der Waals surface area contributed by atoms with Crippen molar-refractivity contribution < 1.29 is 9.53 Å². The van der Waals surface area contributed by atoms with Crippen molar-refractivity contribution >= 4 is 11.6 Å². The molecule has 3 N–H and O–H groups in total. The Kier molecular flexibility index (Phi) is 4.97. The average Bonchev–Trinajstić information content (AvgIpc) is 3.24. The molecule has 0 saturated heterocycles. The van der Waals surface area contributed by atoms with Gasteiger partial charge in [0.05, 0.1) is 0 Å². The molecule has 4 rings (SSSR count). The third kappa shape index (κ3) is 3.75. The molecule has 1 aliphatic carbocycles. The molecule has 2 heterocycles. The van der Waals surface area contributed by atoms with E-state index >= 15 is 0 Å². The Labute approximate surface area is 156 Å². The number of rotatable bonds is 5. The van der Waals surface area contributed by atoms with Crippen LogP contribution in [0.3, 0.4) is 0 Å². The van der Waals surface area contributed by atoms with Crippen LogP contribution < -0.4 is 5.32 Å². The Bertz CT molecular complexity index is 945. The van der Waals surface area contributed by atoms with Gasteiger partial charge < -0.3 is 10.1 Å². The lowest BCUT2D eigenvalue weighted by Gasteiger charge is -2.06. The zero-order chi connectivity index (χ0) is 18.6. The van der Waals surface area contributed by atoms with Crippen LogP contribution in [0.2, 0.25) is 0 Å². The van der Waals surface area contributed by atoms with E-state index in [1.165, 1.54) is 6.42 Å². The maximum atomic E-state index is 12.7. The number of methoxy groups -OCH3 is 1. The predicted molar refractivity (Wildman–Crippen MR) is 100 cm³/mol. The van der Waals surface area contributed by atoms with Crippen molar-refractivity contribution in [2.24, 2.45) is 0 Å². The number of aryl methyl sites for hydroxylation is 1. The molecule has 8 heteroatoms. The summed E-state index contributed by atoms with van der Waals surface area (Å²) in [7, 11) is 1.61. The number of ether oxygens (including phenoxy) is 1. The number of aromatic nitrogens is 5.